The summed E-state index contributed by atoms with van der Waals surface area (Å²) >= 11 is 0. The lowest BCUT2D eigenvalue weighted by Gasteiger charge is -2.28. The molecule has 0 atom stereocenters. The molecule has 0 aromatic carbocycles. The smallest absolute Gasteiger partial charge is 0.180 e. The number of nitrogens with one attached hydrogen (secondary N) is 1. The largest absolute Gasteiger partial charge is 0.396 e. The van der Waals surface area contributed by atoms with Gasteiger partial charge in [0.15, 0.2) is 11.5 Å². The van der Waals surface area contributed by atoms with E-state index >= 15 is 0 Å². The fourth-order valence-electron chi connectivity index (χ4n) is 2.08. The van der Waals surface area contributed by atoms with Crippen molar-refractivity contribution >= 4 is 17.3 Å². The van der Waals surface area contributed by atoms with Crippen LogP contribution in [0.25, 0.3) is 5.65 Å². The summed E-state index contributed by atoms with van der Waals surface area (Å²) in [5.41, 5.74) is 0.839. The first-order chi connectivity index (χ1) is 9.17. The first-order valence-corrected chi connectivity index (χ1v) is 6.56. The lowest BCUT2D eigenvalue weighted by atomic mass is 10.3. The Balaban J connectivity index is 2.47. The molecule has 2 aromatic rings. The molecule has 0 radical (unpaired) electrons. The fourth-order valence-corrected chi connectivity index (χ4v) is 2.08. The van der Waals surface area contributed by atoms with Crippen LogP contribution in [0.4, 0.5) is 11.6 Å². The Morgan fingerprint density at radius 2 is 2.26 bits per heavy atom. The zero-order valence-electron chi connectivity index (χ0n) is 11.7. The van der Waals surface area contributed by atoms with E-state index in [0.29, 0.717) is 6.04 Å². The van der Waals surface area contributed by atoms with Crippen LogP contribution in [0.5, 0.6) is 0 Å². The molecule has 0 aliphatic heterocycles. The maximum absolute atomic E-state index is 9.04. The van der Waals surface area contributed by atoms with Gasteiger partial charge in [0.25, 0.3) is 0 Å². The number of anilines is 2. The van der Waals surface area contributed by atoms with Crippen molar-refractivity contribution in [3.63, 3.8) is 0 Å². The second-order valence-electron chi connectivity index (χ2n) is 4.72. The molecule has 0 bridgehead atoms. The molecule has 6 heteroatoms. The highest BCUT2D eigenvalue weighted by Crippen LogP contribution is 2.22. The molecule has 2 heterocycles. The van der Waals surface area contributed by atoms with Gasteiger partial charge in [-0.2, -0.15) is 0 Å². The summed E-state index contributed by atoms with van der Waals surface area (Å²) in [7, 11) is 1.85. The van der Waals surface area contributed by atoms with Crippen LogP contribution in [0.1, 0.15) is 20.3 Å². The molecule has 0 aliphatic carbocycles. The van der Waals surface area contributed by atoms with Crippen LogP contribution in [0.2, 0.25) is 0 Å². The van der Waals surface area contributed by atoms with Crippen LogP contribution in [0, 0.1) is 0 Å². The summed E-state index contributed by atoms with van der Waals surface area (Å²) in [5, 5.41) is 12.1. The molecule has 0 fully saturated rings. The monoisotopic (exact) mass is 263 g/mol. The van der Waals surface area contributed by atoms with Crippen molar-refractivity contribution in [3.8, 4) is 0 Å². The Kier molecular flexibility index (Phi) is 4.21. The van der Waals surface area contributed by atoms with Crippen LogP contribution in [-0.2, 0) is 0 Å². The minimum Gasteiger partial charge on any atom is -0.396 e. The average molecular weight is 263 g/mol. The van der Waals surface area contributed by atoms with E-state index in [1.165, 1.54) is 0 Å². The molecule has 0 amide bonds. The van der Waals surface area contributed by atoms with Gasteiger partial charge in [0.05, 0.1) is 6.20 Å². The van der Waals surface area contributed by atoms with Gasteiger partial charge in [0, 0.05) is 38.6 Å². The lowest BCUT2D eigenvalue weighted by molar-refractivity contribution is 0.288. The van der Waals surface area contributed by atoms with E-state index in [-0.39, 0.29) is 6.61 Å². The third-order valence-electron chi connectivity index (χ3n) is 3.07. The highest BCUT2D eigenvalue weighted by Gasteiger charge is 2.17. The normalized spacial score (nSPS) is 11.2. The number of hydrogen-bond donors (Lipinski definition) is 2. The van der Waals surface area contributed by atoms with E-state index < -0.39 is 0 Å². The predicted octanol–water partition coefficient (Wildman–Crippen LogP) is 1.37. The van der Waals surface area contributed by atoms with Crippen LogP contribution in [-0.4, -0.2) is 45.7 Å². The molecule has 0 spiro atoms. The number of imidazole rings is 1. The molecule has 2 rings (SSSR count). The summed E-state index contributed by atoms with van der Waals surface area (Å²) < 4.78 is 1.96. The van der Waals surface area contributed by atoms with Gasteiger partial charge in [-0.1, -0.05) is 0 Å². The van der Waals surface area contributed by atoms with Crippen LogP contribution < -0.4 is 10.2 Å². The third-order valence-corrected chi connectivity index (χ3v) is 3.07. The third kappa shape index (κ3) is 2.78. The fraction of sp³-hybridized carbons (Fsp3) is 0.538. The Morgan fingerprint density at radius 3 is 2.89 bits per heavy atom. The van der Waals surface area contributed by atoms with Gasteiger partial charge in [0.2, 0.25) is 0 Å². The van der Waals surface area contributed by atoms with Crippen LogP contribution in [0.15, 0.2) is 18.6 Å². The Morgan fingerprint density at radius 1 is 1.47 bits per heavy atom. The number of fused-ring (bicyclic) bond motifs is 1. The zero-order valence-corrected chi connectivity index (χ0v) is 11.7. The topological polar surface area (TPSA) is 65.7 Å². The number of aromatic nitrogens is 3. The van der Waals surface area contributed by atoms with Crippen molar-refractivity contribution < 1.29 is 5.11 Å². The van der Waals surface area contributed by atoms with Crippen molar-refractivity contribution in [2.24, 2.45) is 0 Å². The maximum atomic E-state index is 9.04. The van der Waals surface area contributed by atoms with Crippen molar-refractivity contribution in [1.29, 1.82) is 0 Å². The number of rotatable bonds is 6. The van der Waals surface area contributed by atoms with E-state index in [9.17, 15) is 0 Å². The summed E-state index contributed by atoms with van der Waals surface area (Å²) in [5.74, 6) is 1.65. The standard InChI is InChI=1S/C13H21N5O/c1-10(2)18(6-4-8-19)13-12-15-5-7-17(12)9-11(14-3)16-13/h5,7,9-10,14,19H,4,6,8H2,1-3H3. The molecular weight excluding hydrogens is 242 g/mol. The summed E-state index contributed by atoms with van der Waals surface area (Å²) in [6, 6.07) is 0.298. The Labute approximate surface area is 113 Å². The molecule has 19 heavy (non-hydrogen) atoms. The highest BCUT2D eigenvalue weighted by atomic mass is 16.3. The second-order valence-corrected chi connectivity index (χ2v) is 4.72. The number of aliphatic hydroxyl groups is 1. The molecule has 0 unspecified atom stereocenters. The van der Waals surface area contributed by atoms with Crippen LogP contribution in [0.3, 0.4) is 0 Å². The van der Waals surface area contributed by atoms with Crippen molar-refractivity contribution in [1.82, 2.24) is 14.4 Å². The summed E-state index contributed by atoms with van der Waals surface area (Å²) in [6.45, 7) is 5.17. The highest BCUT2D eigenvalue weighted by molar-refractivity contribution is 5.67. The first kappa shape index (κ1) is 13.6. The summed E-state index contributed by atoms with van der Waals surface area (Å²) in [4.78, 5) is 11.2. The number of hydrogen-bond acceptors (Lipinski definition) is 5. The number of aliphatic hydroxyl groups excluding tert-OH is 1. The molecule has 0 saturated heterocycles. The summed E-state index contributed by atoms with van der Waals surface area (Å²) in [6.07, 6.45) is 6.31. The van der Waals surface area contributed by atoms with Gasteiger partial charge in [-0.25, -0.2) is 9.97 Å². The van der Waals surface area contributed by atoms with Gasteiger partial charge in [-0.3, -0.25) is 0 Å². The van der Waals surface area contributed by atoms with E-state index in [1.54, 1.807) is 6.20 Å². The van der Waals surface area contributed by atoms with Crippen molar-refractivity contribution in [2.75, 3.05) is 30.4 Å². The van der Waals surface area contributed by atoms with Gasteiger partial charge in [-0.15, -0.1) is 0 Å². The van der Waals surface area contributed by atoms with Gasteiger partial charge in [0.1, 0.15) is 5.82 Å². The minimum atomic E-state index is 0.180. The molecule has 2 aromatic heterocycles. The van der Waals surface area contributed by atoms with E-state index in [1.807, 2.05) is 23.8 Å². The molecule has 0 saturated carbocycles. The molecule has 104 valence electrons. The second kappa shape index (κ2) is 5.88. The minimum absolute atomic E-state index is 0.180. The lowest BCUT2D eigenvalue weighted by Crippen LogP contribution is -2.33. The maximum Gasteiger partial charge on any atom is 0.180 e. The van der Waals surface area contributed by atoms with E-state index in [4.69, 9.17) is 5.11 Å². The average Bonchev–Trinajstić information content (AvgIpc) is 2.86. The van der Waals surface area contributed by atoms with Crippen molar-refractivity contribution in [2.45, 2.75) is 26.3 Å². The van der Waals surface area contributed by atoms with Gasteiger partial charge >= 0.3 is 0 Å². The SMILES string of the molecule is CNc1cn2ccnc2c(N(CCCO)C(C)C)n1. The molecular formula is C13H21N5O. The predicted molar refractivity (Wildman–Crippen MR) is 76.7 cm³/mol. The Hall–Kier alpha value is -1.82. The quantitative estimate of drug-likeness (QED) is 0.824. The molecule has 2 N–H and O–H groups in total. The molecule has 6 nitrogen and oxygen atoms in total. The molecule has 0 aliphatic rings. The zero-order chi connectivity index (χ0) is 13.8. The van der Waals surface area contributed by atoms with E-state index in [2.05, 4.69) is 34.0 Å². The van der Waals surface area contributed by atoms with Crippen LogP contribution >= 0.6 is 0 Å². The number of nitrogens with zero attached hydrogens (tertiary/aromatic N) is 4. The van der Waals surface area contributed by atoms with Gasteiger partial charge in [-0.05, 0) is 20.3 Å². The van der Waals surface area contributed by atoms with E-state index in [0.717, 1.165) is 30.2 Å². The van der Waals surface area contributed by atoms with Crippen molar-refractivity contribution in [3.05, 3.63) is 18.6 Å². The Bertz CT molecular complexity index is 537. The first-order valence-electron chi connectivity index (χ1n) is 6.56. The van der Waals surface area contributed by atoms with Gasteiger partial charge < -0.3 is 19.7 Å².